The van der Waals surface area contributed by atoms with Gasteiger partial charge < -0.3 is 5.73 Å². The van der Waals surface area contributed by atoms with Gasteiger partial charge in [0.05, 0.1) is 0 Å². The molecule has 19 heavy (non-hydrogen) atoms. The maximum Gasteiger partial charge on any atom is 0.245 e. The zero-order valence-corrected chi connectivity index (χ0v) is 12.0. The monoisotopic (exact) mass is 286 g/mol. The summed E-state index contributed by atoms with van der Waals surface area (Å²) in [6.07, 6.45) is 3.22. The van der Waals surface area contributed by atoms with Gasteiger partial charge in [0.25, 0.3) is 0 Å². The molecule has 0 radical (unpaired) electrons. The van der Waals surface area contributed by atoms with Crippen LogP contribution in [0, 0.1) is 18.7 Å². The highest BCUT2D eigenvalue weighted by atomic mass is 32.2. The summed E-state index contributed by atoms with van der Waals surface area (Å²) in [6.45, 7) is 1.95. The van der Waals surface area contributed by atoms with Gasteiger partial charge in [0.2, 0.25) is 10.0 Å². The molecule has 0 aliphatic heterocycles. The van der Waals surface area contributed by atoms with E-state index in [4.69, 9.17) is 5.73 Å². The Morgan fingerprint density at radius 2 is 2.05 bits per heavy atom. The van der Waals surface area contributed by atoms with E-state index in [9.17, 15) is 12.8 Å². The van der Waals surface area contributed by atoms with Crippen LogP contribution in [-0.4, -0.2) is 26.3 Å². The first-order valence-corrected chi connectivity index (χ1v) is 7.78. The lowest BCUT2D eigenvalue weighted by atomic mass is 9.86. The Morgan fingerprint density at radius 3 is 2.58 bits per heavy atom. The van der Waals surface area contributed by atoms with Crippen molar-refractivity contribution in [3.63, 3.8) is 0 Å². The summed E-state index contributed by atoms with van der Waals surface area (Å²) >= 11 is 0. The molecule has 0 spiro atoms. The van der Waals surface area contributed by atoms with Gasteiger partial charge in [0.15, 0.2) is 0 Å². The van der Waals surface area contributed by atoms with Crippen LogP contribution < -0.4 is 5.73 Å². The van der Waals surface area contributed by atoms with E-state index in [1.807, 2.05) is 0 Å². The molecule has 0 saturated heterocycles. The van der Waals surface area contributed by atoms with Crippen LogP contribution in [0.2, 0.25) is 0 Å². The minimum absolute atomic E-state index is 0.246. The molecule has 1 aliphatic rings. The van der Waals surface area contributed by atoms with Crippen molar-refractivity contribution in [1.82, 2.24) is 4.31 Å². The second kappa shape index (κ2) is 5.09. The van der Waals surface area contributed by atoms with Gasteiger partial charge in [-0.3, -0.25) is 0 Å². The minimum Gasteiger partial charge on any atom is -0.399 e. The highest BCUT2D eigenvalue weighted by Crippen LogP contribution is 2.30. The number of nitrogens with zero attached hydrogens (tertiary/aromatic N) is 1. The lowest BCUT2D eigenvalue weighted by Crippen LogP contribution is -2.34. The number of hydrogen-bond donors (Lipinski definition) is 1. The first-order chi connectivity index (χ1) is 8.82. The van der Waals surface area contributed by atoms with E-state index >= 15 is 0 Å². The van der Waals surface area contributed by atoms with Crippen molar-refractivity contribution in [1.29, 1.82) is 0 Å². The molecule has 1 aromatic carbocycles. The van der Waals surface area contributed by atoms with E-state index in [0.29, 0.717) is 12.5 Å². The highest BCUT2D eigenvalue weighted by molar-refractivity contribution is 7.89. The molecular weight excluding hydrogens is 267 g/mol. The fourth-order valence-corrected chi connectivity index (χ4v) is 3.67. The van der Waals surface area contributed by atoms with Crippen molar-refractivity contribution in [2.75, 3.05) is 19.3 Å². The Kier molecular flexibility index (Phi) is 3.82. The first-order valence-electron chi connectivity index (χ1n) is 6.34. The van der Waals surface area contributed by atoms with Crippen LogP contribution in [0.4, 0.5) is 10.1 Å². The summed E-state index contributed by atoms with van der Waals surface area (Å²) in [4.78, 5) is -0.327. The van der Waals surface area contributed by atoms with E-state index in [0.717, 1.165) is 19.3 Å². The van der Waals surface area contributed by atoms with Gasteiger partial charge in [0.1, 0.15) is 10.7 Å². The summed E-state index contributed by atoms with van der Waals surface area (Å²) in [5, 5.41) is 0. The molecule has 0 aromatic heterocycles. The van der Waals surface area contributed by atoms with Gasteiger partial charge in [-0.05, 0) is 43.4 Å². The summed E-state index contributed by atoms with van der Waals surface area (Å²) in [7, 11) is -2.32. The molecule has 4 nitrogen and oxygen atoms in total. The van der Waals surface area contributed by atoms with E-state index < -0.39 is 15.8 Å². The SMILES string of the molecule is Cc1cc(N)cc(S(=O)(=O)N(C)CC2CCC2)c1F. The maximum atomic E-state index is 14.0. The molecule has 1 fully saturated rings. The molecule has 0 amide bonds. The quantitative estimate of drug-likeness (QED) is 0.862. The van der Waals surface area contributed by atoms with E-state index in [1.54, 1.807) is 0 Å². The van der Waals surface area contributed by atoms with Crippen molar-refractivity contribution < 1.29 is 12.8 Å². The molecule has 106 valence electrons. The van der Waals surface area contributed by atoms with Gasteiger partial charge in [-0.1, -0.05) is 6.42 Å². The Balaban J connectivity index is 2.32. The third kappa shape index (κ3) is 2.74. The zero-order valence-electron chi connectivity index (χ0n) is 11.2. The van der Waals surface area contributed by atoms with Crippen molar-refractivity contribution in [3.05, 3.63) is 23.5 Å². The number of nitrogen functional groups attached to an aromatic ring is 1. The fourth-order valence-electron chi connectivity index (χ4n) is 2.26. The van der Waals surface area contributed by atoms with Crippen LogP contribution in [0.5, 0.6) is 0 Å². The van der Waals surface area contributed by atoms with Crippen molar-refractivity contribution in [2.24, 2.45) is 5.92 Å². The molecule has 0 heterocycles. The summed E-state index contributed by atoms with van der Waals surface area (Å²) in [5.74, 6) is -0.320. The van der Waals surface area contributed by atoms with Crippen LogP contribution in [0.25, 0.3) is 0 Å². The van der Waals surface area contributed by atoms with Gasteiger partial charge in [-0.2, -0.15) is 0 Å². The second-order valence-corrected chi connectivity index (χ2v) is 7.25. The fraction of sp³-hybridized carbons (Fsp3) is 0.538. The number of sulfonamides is 1. The lowest BCUT2D eigenvalue weighted by molar-refractivity contribution is 0.262. The summed E-state index contributed by atoms with van der Waals surface area (Å²) in [6, 6.07) is 2.62. The van der Waals surface area contributed by atoms with Crippen LogP contribution in [0.15, 0.2) is 17.0 Å². The average Bonchev–Trinajstić information content (AvgIpc) is 2.27. The van der Waals surface area contributed by atoms with Gasteiger partial charge in [0, 0.05) is 19.3 Å². The third-order valence-corrected chi connectivity index (χ3v) is 5.49. The average molecular weight is 286 g/mol. The number of hydrogen-bond acceptors (Lipinski definition) is 3. The third-order valence-electron chi connectivity index (χ3n) is 3.67. The Morgan fingerprint density at radius 1 is 1.42 bits per heavy atom. The minimum atomic E-state index is -3.81. The topological polar surface area (TPSA) is 63.4 Å². The number of aryl methyl sites for hydroxylation is 1. The Hall–Kier alpha value is -1.14. The molecule has 6 heteroatoms. The van der Waals surface area contributed by atoms with Crippen molar-refractivity contribution in [2.45, 2.75) is 31.1 Å². The number of nitrogens with two attached hydrogens (primary N) is 1. The zero-order chi connectivity index (χ0) is 14.2. The van der Waals surface area contributed by atoms with Gasteiger partial charge in [-0.15, -0.1) is 0 Å². The molecule has 0 bridgehead atoms. The molecule has 1 saturated carbocycles. The number of halogens is 1. The van der Waals surface area contributed by atoms with Crippen LogP contribution in [0.3, 0.4) is 0 Å². The molecular formula is C13H19FN2O2S. The molecule has 0 atom stereocenters. The van der Waals surface area contributed by atoms with E-state index in [-0.39, 0.29) is 16.1 Å². The Bertz CT molecular complexity index is 583. The van der Waals surface area contributed by atoms with Crippen molar-refractivity contribution in [3.8, 4) is 0 Å². The summed E-state index contributed by atoms with van der Waals surface area (Å²) < 4.78 is 40.0. The summed E-state index contributed by atoms with van der Waals surface area (Å²) in [5.41, 5.74) is 6.12. The number of benzene rings is 1. The number of anilines is 1. The molecule has 1 aliphatic carbocycles. The standard InChI is InChI=1S/C13H19FN2O2S/c1-9-6-11(15)7-12(13(9)14)19(17,18)16(2)8-10-4-3-5-10/h6-7,10H,3-5,8,15H2,1-2H3. The van der Waals surface area contributed by atoms with Crippen molar-refractivity contribution >= 4 is 15.7 Å². The maximum absolute atomic E-state index is 14.0. The lowest BCUT2D eigenvalue weighted by Gasteiger charge is -2.29. The Labute approximate surface area is 113 Å². The molecule has 1 aromatic rings. The second-order valence-electron chi connectivity index (χ2n) is 5.23. The largest absolute Gasteiger partial charge is 0.399 e. The molecule has 2 N–H and O–H groups in total. The smallest absolute Gasteiger partial charge is 0.245 e. The van der Waals surface area contributed by atoms with E-state index in [1.165, 1.54) is 30.4 Å². The van der Waals surface area contributed by atoms with Crippen LogP contribution in [0.1, 0.15) is 24.8 Å². The van der Waals surface area contributed by atoms with E-state index in [2.05, 4.69) is 0 Å². The predicted octanol–water partition coefficient (Wildman–Crippen LogP) is 2.14. The van der Waals surface area contributed by atoms with Gasteiger partial charge in [-0.25, -0.2) is 17.1 Å². The number of rotatable bonds is 4. The normalized spacial score (nSPS) is 16.6. The molecule has 0 unspecified atom stereocenters. The van der Waals surface area contributed by atoms with Gasteiger partial charge >= 0.3 is 0 Å². The van der Waals surface area contributed by atoms with Crippen LogP contribution in [-0.2, 0) is 10.0 Å². The highest BCUT2D eigenvalue weighted by Gasteiger charge is 2.29. The molecule has 2 rings (SSSR count). The first kappa shape index (κ1) is 14.3. The van der Waals surface area contributed by atoms with Crippen LogP contribution >= 0.6 is 0 Å². The predicted molar refractivity (Wildman–Crippen MR) is 72.7 cm³/mol.